The van der Waals surface area contributed by atoms with Gasteiger partial charge >= 0.3 is 6.18 Å². The molecule has 0 radical (unpaired) electrons. The van der Waals surface area contributed by atoms with Crippen LogP contribution in [0.1, 0.15) is 12.2 Å². The highest BCUT2D eigenvalue weighted by Gasteiger charge is 2.62. The molecule has 2 aromatic heterocycles. The topological polar surface area (TPSA) is 71.1 Å². The summed E-state index contributed by atoms with van der Waals surface area (Å²) in [4.78, 5) is 4.27. The van der Waals surface area contributed by atoms with E-state index in [0.29, 0.717) is 27.8 Å². The smallest absolute Gasteiger partial charge is 0.438 e. The number of anilines is 1. The maximum absolute atomic E-state index is 13.7. The van der Waals surface area contributed by atoms with Gasteiger partial charge in [0.15, 0.2) is 0 Å². The molecule has 1 unspecified atom stereocenters. The van der Waals surface area contributed by atoms with Gasteiger partial charge in [-0.3, -0.25) is 0 Å². The zero-order chi connectivity index (χ0) is 21.4. The number of methoxy groups -OCH3 is 1. The van der Waals surface area contributed by atoms with Gasteiger partial charge in [0, 0.05) is 10.9 Å². The molecule has 3 heterocycles. The number of aromatic nitrogens is 1. The Labute approximate surface area is 173 Å². The zero-order valence-electron chi connectivity index (χ0n) is 15.6. The maximum atomic E-state index is 13.7. The highest BCUT2D eigenvalue weighted by Crippen LogP contribution is 2.44. The molecular formula is C20H16F3N3O3S. The summed E-state index contributed by atoms with van der Waals surface area (Å²) in [6.07, 6.45) is -1.35. The van der Waals surface area contributed by atoms with Crippen molar-refractivity contribution in [2.45, 2.75) is 18.3 Å². The average molecular weight is 435 g/mol. The van der Waals surface area contributed by atoms with Crippen LogP contribution in [0.2, 0.25) is 0 Å². The van der Waals surface area contributed by atoms with E-state index in [1.54, 1.807) is 41.8 Å². The van der Waals surface area contributed by atoms with E-state index >= 15 is 0 Å². The summed E-state index contributed by atoms with van der Waals surface area (Å²) in [5.74, 6) is 1.11. The predicted octanol–water partition coefficient (Wildman–Crippen LogP) is 4.94. The fourth-order valence-electron chi connectivity index (χ4n) is 2.91. The Balaban J connectivity index is 1.66. The number of allylic oxidation sites excluding steroid dienone is 1. The molecule has 1 aliphatic heterocycles. The number of hydrogen-bond donors (Lipinski definition) is 1. The Kier molecular flexibility index (Phi) is 5.12. The number of nitrogens with zero attached hydrogens (tertiary/aromatic N) is 3. The third-order valence-electron chi connectivity index (χ3n) is 4.50. The lowest BCUT2D eigenvalue weighted by molar-refractivity contribution is -0.254. The van der Waals surface area contributed by atoms with Crippen molar-refractivity contribution in [1.82, 2.24) is 4.98 Å². The number of furan rings is 1. The van der Waals surface area contributed by atoms with Gasteiger partial charge in [0.25, 0.3) is 5.72 Å². The Morgan fingerprint density at radius 1 is 1.23 bits per heavy atom. The quantitative estimate of drug-likeness (QED) is 0.615. The summed E-state index contributed by atoms with van der Waals surface area (Å²) >= 11 is 0.962. The summed E-state index contributed by atoms with van der Waals surface area (Å²) < 4.78 is 51.4. The van der Waals surface area contributed by atoms with Gasteiger partial charge in [-0.05, 0) is 48.6 Å². The van der Waals surface area contributed by atoms with Crippen LogP contribution in [0, 0.1) is 0 Å². The van der Waals surface area contributed by atoms with Crippen molar-refractivity contribution in [3.63, 3.8) is 0 Å². The molecule has 0 fully saturated rings. The van der Waals surface area contributed by atoms with Crippen LogP contribution in [0.4, 0.5) is 18.3 Å². The molecule has 1 aromatic carbocycles. The monoisotopic (exact) mass is 435 g/mol. The van der Waals surface area contributed by atoms with E-state index in [0.717, 1.165) is 11.3 Å². The maximum Gasteiger partial charge on any atom is 0.438 e. The minimum absolute atomic E-state index is 0.0485. The molecule has 10 heteroatoms. The molecule has 1 aliphatic rings. The van der Waals surface area contributed by atoms with Gasteiger partial charge < -0.3 is 14.3 Å². The van der Waals surface area contributed by atoms with Crippen molar-refractivity contribution in [3.8, 4) is 17.0 Å². The van der Waals surface area contributed by atoms with Crippen molar-refractivity contribution < 1.29 is 27.4 Å². The molecule has 6 nitrogen and oxygen atoms in total. The third kappa shape index (κ3) is 3.71. The van der Waals surface area contributed by atoms with Crippen molar-refractivity contribution in [2.75, 3.05) is 12.1 Å². The number of halogens is 3. The predicted molar refractivity (Wildman–Crippen MR) is 107 cm³/mol. The van der Waals surface area contributed by atoms with Gasteiger partial charge in [0.05, 0.1) is 31.2 Å². The Morgan fingerprint density at radius 2 is 2.00 bits per heavy atom. The molecule has 4 rings (SSSR count). The number of rotatable bonds is 5. The second-order valence-electron chi connectivity index (χ2n) is 6.49. The number of benzene rings is 1. The van der Waals surface area contributed by atoms with Crippen LogP contribution in [0.5, 0.6) is 5.75 Å². The molecule has 0 saturated heterocycles. The van der Waals surface area contributed by atoms with E-state index in [9.17, 15) is 18.3 Å². The Morgan fingerprint density at radius 3 is 2.63 bits per heavy atom. The fourth-order valence-corrected chi connectivity index (χ4v) is 3.76. The lowest BCUT2D eigenvalue weighted by atomic mass is 10.1. The van der Waals surface area contributed by atoms with Crippen LogP contribution in [-0.2, 0) is 0 Å². The molecule has 1 atom stereocenters. The highest BCUT2D eigenvalue weighted by atomic mass is 32.1. The van der Waals surface area contributed by atoms with Crippen molar-refractivity contribution in [1.29, 1.82) is 0 Å². The van der Waals surface area contributed by atoms with Crippen LogP contribution >= 0.6 is 11.3 Å². The molecular weight excluding hydrogens is 419 g/mol. The molecule has 0 saturated carbocycles. The van der Waals surface area contributed by atoms with Crippen LogP contribution < -0.4 is 9.75 Å². The minimum Gasteiger partial charge on any atom is -0.497 e. The van der Waals surface area contributed by atoms with Crippen LogP contribution in [0.25, 0.3) is 17.3 Å². The fraction of sp³-hybridized carbons (Fsp3) is 0.200. The minimum atomic E-state index is -4.94. The molecule has 3 aromatic rings. The van der Waals surface area contributed by atoms with E-state index in [2.05, 4.69) is 10.1 Å². The van der Waals surface area contributed by atoms with E-state index in [-0.39, 0.29) is 10.8 Å². The second kappa shape index (κ2) is 7.62. The van der Waals surface area contributed by atoms with Gasteiger partial charge in [-0.1, -0.05) is 0 Å². The lowest BCUT2D eigenvalue weighted by Crippen LogP contribution is -2.55. The molecule has 1 N–H and O–H groups in total. The van der Waals surface area contributed by atoms with Crippen molar-refractivity contribution >= 4 is 28.3 Å². The van der Waals surface area contributed by atoms with Gasteiger partial charge in [-0.25, -0.2) is 4.98 Å². The van der Waals surface area contributed by atoms with E-state index < -0.39 is 18.3 Å². The van der Waals surface area contributed by atoms with Crippen LogP contribution in [0.15, 0.2) is 63.6 Å². The van der Waals surface area contributed by atoms with Gasteiger partial charge in [-0.2, -0.15) is 23.3 Å². The van der Waals surface area contributed by atoms with E-state index in [4.69, 9.17) is 9.15 Å². The first-order chi connectivity index (χ1) is 14.3. The van der Waals surface area contributed by atoms with Crippen LogP contribution in [-0.4, -0.2) is 34.8 Å². The normalized spacial score (nSPS) is 19.5. The number of aliphatic hydroxyl groups is 1. The molecule has 156 valence electrons. The summed E-state index contributed by atoms with van der Waals surface area (Å²) in [6.45, 7) is 0. The molecule has 0 spiro atoms. The molecule has 0 bridgehead atoms. The van der Waals surface area contributed by atoms with Gasteiger partial charge in [-0.15, -0.1) is 11.3 Å². The standard InChI is InChI=1S/C20H16F3N3O3S/c1-28-15-7-4-13(5-8-15)17-12-30-18(24-17)26-19(27,20(21,22)23)11-14(25-26)6-9-16-3-2-10-29-16/h2-10,12,27H,11H2,1H3. The van der Waals surface area contributed by atoms with E-state index in [1.165, 1.54) is 25.5 Å². The average Bonchev–Trinajstić information content (AvgIpc) is 3.46. The van der Waals surface area contributed by atoms with E-state index in [1.807, 2.05) is 0 Å². The first-order valence-corrected chi connectivity index (χ1v) is 9.66. The SMILES string of the molecule is COc1ccc(-c2csc(N3N=C(C=Cc4ccco4)CC3(O)C(F)(F)F)n2)cc1. The first-order valence-electron chi connectivity index (χ1n) is 8.78. The number of hydrazone groups is 1. The second-order valence-corrected chi connectivity index (χ2v) is 7.32. The highest BCUT2D eigenvalue weighted by molar-refractivity contribution is 7.14. The summed E-state index contributed by atoms with van der Waals surface area (Å²) in [5.41, 5.74) is -1.97. The van der Waals surface area contributed by atoms with Gasteiger partial charge in [0.1, 0.15) is 11.5 Å². The third-order valence-corrected chi connectivity index (χ3v) is 5.32. The largest absolute Gasteiger partial charge is 0.497 e. The first kappa shape index (κ1) is 20.2. The zero-order valence-corrected chi connectivity index (χ0v) is 16.4. The summed E-state index contributed by atoms with van der Waals surface area (Å²) in [6, 6.07) is 10.3. The van der Waals surface area contributed by atoms with Crippen molar-refractivity contribution in [3.05, 3.63) is 59.9 Å². The number of ether oxygens (including phenoxy) is 1. The molecule has 0 amide bonds. The summed E-state index contributed by atoms with van der Waals surface area (Å²) in [5, 5.41) is 16.6. The Bertz CT molecular complexity index is 1070. The summed E-state index contributed by atoms with van der Waals surface area (Å²) in [7, 11) is 1.54. The lowest BCUT2D eigenvalue weighted by Gasteiger charge is -2.32. The number of hydrogen-bond acceptors (Lipinski definition) is 7. The van der Waals surface area contributed by atoms with Crippen molar-refractivity contribution in [2.24, 2.45) is 5.10 Å². The Hall–Kier alpha value is -3.11. The van der Waals surface area contributed by atoms with Crippen LogP contribution in [0.3, 0.4) is 0 Å². The van der Waals surface area contributed by atoms with Gasteiger partial charge in [0.2, 0.25) is 5.13 Å². The number of alkyl halides is 3. The molecule has 30 heavy (non-hydrogen) atoms. The molecule has 0 aliphatic carbocycles. The number of thiazole rings is 1.